The third-order valence-corrected chi connectivity index (χ3v) is 6.75. The Balaban J connectivity index is 1.90. The lowest BCUT2D eigenvalue weighted by atomic mass is 10.00. The van der Waals surface area contributed by atoms with Crippen molar-refractivity contribution in [3.8, 4) is 17.0 Å². The quantitative estimate of drug-likeness (QED) is 0.446. The first-order chi connectivity index (χ1) is 17.8. The number of aromatic nitrogens is 1. The molecule has 39 heavy (non-hydrogen) atoms. The number of alkyl halides is 6. The van der Waals surface area contributed by atoms with Crippen LogP contribution in [-0.2, 0) is 28.7 Å². The highest BCUT2D eigenvalue weighted by atomic mass is 32.2. The fourth-order valence-corrected chi connectivity index (χ4v) is 4.72. The van der Waals surface area contributed by atoms with Crippen LogP contribution >= 0.6 is 0 Å². The Hall–Kier alpha value is -3.65. The molecule has 0 saturated carbocycles. The number of fused-ring (bicyclic) bond motifs is 1. The highest BCUT2D eigenvalue weighted by Crippen LogP contribution is 2.39. The summed E-state index contributed by atoms with van der Waals surface area (Å²) in [5.74, 6) is -1.31. The standard InChI is InChI=1S/C25H21F6N3O4S/c1-23(32)13-34(12-14-8-16(24(26,27)28)10-17(9-14)25(29,30)31)22(35)20-18(15-6-4-3-5-7-15)11-19(39(2,36)37)33-21(20)38-23/h3-11H,12-13,32H2,1-2H3. The maximum atomic E-state index is 13.8. The Bertz CT molecular complexity index is 1510. The van der Waals surface area contributed by atoms with Crippen molar-refractivity contribution in [3.05, 3.63) is 76.9 Å². The van der Waals surface area contributed by atoms with Crippen LogP contribution in [0.2, 0.25) is 0 Å². The number of amides is 1. The second kappa shape index (κ2) is 9.52. The third-order valence-electron chi connectivity index (χ3n) is 5.78. The molecular weight excluding hydrogens is 552 g/mol. The predicted molar refractivity (Wildman–Crippen MR) is 127 cm³/mol. The van der Waals surface area contributed by atoms with Gasteiger partial charge in [-0.2, -0.15) is 26.3 Å². The summed E-state index contributed by atoms with van der Waals surface area (Å²) in [6.45, 7) is 0.151. The van der Waals surface area contributed by atoms with E-state index in [-0.39, 0.29) is 17.2 Å². The van der Waals surface area contributed by atoms with Gasteiger partial charge in [0.15, 0.2) is 20.6 Å². The molecular formula is C25H21F6N3O4S. The first-order valence-electron chi connectivity index (χ1n) is 11.2. The molecule has 1 aliphatic rings. The predicted octanol–water partition coefficient (Wildman–Crippen LogP) is 4.90. The van der Waals surface area contributed by atoms with Crippen molar-refractivity contribution in [1.29, 1.82) is 0 Å². The van der Waals surface area contributed by atoms with E-state index in [1.807, 2.05) is 0 Å². The van der Waals surface area contributed by atoms with Gasteiger partial charge < -0.3 is 9.64 Å². The molecule has 0 saturated heterocycles. The van der Waals surface area contributed by atoms with Crippen molar-refractivity contribution in [2.24, 2.45) is 5.73 Å². The topological polar surface area (TPSA) is 103 Å². The maximum absolute atomic E-state index is 13.8. The van der Waals surface area contributed by atoms with Gasteiger partial charge in [-0.15, -0.1) is 0 Å². The number of hydrogen-bond acceptors (Lipinski definition) is 6. The molecule has 1 unspecified atom stereocenters. The zero-order valence-corrected chi connectivity index (χ0v) is 21.2. The molecule has 1 amide bonds. The van der Waals surface area contributed by atoms with Crippen molar-refractivity contribution in [1.82, 2.24) is 9.88 Å². The first-order valence-corrected chi connectivity index (χ1v) is 13.1. The van der Waals surface area contributed by atoms with Crippen LogP contribution < -0.4 is 10.5 Å². The lowest BCUT2D eigenvalue weighted by molar-refractivity contribution is -0.143. The summed E-state index contributed by atoms with van der Waals surface area (Å²) in [5.41, 5.74) is 1.13. The summed E-state index contributed by atoms with van der Waals surface area (Å²) >= 11 is 0. The molecule has 2 heterocycles. The number of rotatable bonds is 4. The third kappa shape index (κ3) is 6.17. The average molecular weight is 574 g/mol. The monoisotopic (exact) mass is 573 g/mol. The van der Waals surface area contributed by atoms with Crippen LogP contribution in [0.5, 0.6) is 5.88 Å². The van der Waals surface area contributed by atoms with E-state index in [2.05, 4.69) is 4.98 Å². The van der Waals surface area contributed by atoms with Crippen molar-refractivity contribution in [2.75, 3.05) is 12.8 Å². The molecule has 14 heteroatoms. The molecule has 2 N–H and O–H groups in total. The fraction of sp³-hybridized carbons (Fsp3) is 0.280. The van der Waals surface area contributed by atoms with Gasteiger partial charge in [0.2, 0.25) is 5.88 Å². The molecule has 0 fully saturated rings. The molecule has 2 aromatic carbocycles. The number of halogens is 6. The highest BCUT2D eigenvalue weighted by molar-refractivity contribution is 7.90. The molecule has 0 aliphatic carbocycles. The van der Waals surface area contributed by atoms with Gasteiger partial charge in [0, 0.05) is 18.4 Å². The summed E-state index contributed by atoms with van der Waals surface area (Å²) in [7, 11) is -3.90. The number of carbonyl (C=O) groups is 1. The lowest BCUT2D eigenvalue weighted by Crippen LogP contribution is -2.51. The lowest BCUT2D eigenvalue weighted by Gasteiger charge is -2.29. The Labute approximate surface area is 219 Å². The van der Waals surface area contributed by atoms with Crippen LogP contribution in [0.4, 0.5) is 26.3 Å². The van der Waals surface area contributed by atoms with Crippen molar-refractivity contribution in [3.63, 3.8) is 0 Å². The van der Waals surface area contributed by atoms with Crippen molar-refractivity contribution in [2.45, 2.75) is 36.6 Å². The molecule has 4 rings (SSSR count). The number of benzene rings is 2. The van der Waals surface area contributed by atoms with E-state index in [1.165, 1.54) is 6.92 Å². The van der Waals surface area contributed by atoms with E-state index < -0.39 is 74.5 Å². The first kappa shape index (κ1) is 28.4. The summed E-state index contributed by atoms with van der Waals surface area (Å²) in [5, 5.41) is -0.426. The Morgan fingerprint density at radius 2 is 1.56 bits per heavy atom. The number of pyridine rings is 1. The van der Waals surface area contributed by atoms with Gasteiger partial charge in [-0.1, -0.05) is 30.3 Å². The molecule has 1 aromatic heterocycles. The minimum Gasteiger partial charge on any atom is -0.454 e. The summed E-state index contributed by atoms with van der Waals surface area (Å²) in [6.07, 6.45) is -9.26. The van der Waals surface area contributed by atoms with Gasteiger partial charge in [-0.25, -0.2) is 13.4 Å². The fourth-order valence-electron chi connectivity index (χ4n) is 4.14. The number of hydrogen-bond donors (Lipinski definition) is 1. The van der Waals surface area contributed by atoms with E-state index in [0.29, 0.717) is 17.7 Å². The smallest absolute Gasteiger partial charge is 0.416 e. The molecule has 7 nitrogen and oxygen atoms in total. The Morgan fingerprint density at radius 3 is 2.08 bits per heavy atom. The number of ether oxygens (including phenoxy) is 1. The van der Waals surface area contributed by atoms with Crippen LogP contribution in [0.3, 0.4) is 0 Å². The number of nitrogens with zero attached hydrogens (tertiary/aromatic N) is 2. The minimum absolute atomic E-state index is 0.0106. The van der Waals surface area contributed by atoms with Crippen LogP contribution in [0, 0.1) is 0 Å². The number of nitrogens with two attached hydrogens (primary N) is 1. The van der Waals surface area contributed by atoms with E-state index in [0.717, 1.165) is 17.2 Å². The maximum Gasteiger partial charge on any atom is 0.416 e. The van der Waals surface area contributed by atoms with Crippen LogP contribution in [-0.4, -0.2) is 42.7 Å². The van der Waals surface area contributed by atoms with E-state index in [4.69, 9.17) is 10.5 Å². The molecule has 208 valence electrons. The largest absolute Gasteiger partial charge is 0.454 e. The van der Waals surface area contributed by atoms with Crippen LogP contribution in [0.1, 0.15) is 34.0 Å². The number of carbonyl (C=O) groups excluding carboxylic acids is 1. The SMILES string of the molecule is CC1(N)CN(Cc2cc(C(F)(F)F)cc(C(F)(F)F)c2)C(=O)c2c(-c3ccccc3)cc(S(C)(=O)=O)nc2O1. The Morgan fingerprint density at radius 1 is 1.00 bits per heavy atom. The van der Waals surface area contributed by atoms with Crippen LogP contribution in [0.15, 0.2) is 59.6 Å². The summed E-state index contributed by atoms with van der Waals surface area (Å²) < 4.78 is 111. The van der Waals surface area contributed by atoms with E-state index in [1.54, 1.807) is 30.3 Å². The molecule has 0 bridgehead atoms. The van der Waals surface area contributed by atoms with Gasteiger partial charge in [0.25, 0.3) is 5.91 Å². The van der Waals surface area contributed by atoms with E-state index in [9.17, 15) is 39.6 Å². The molecule has 0 spiro atoms. The van der Waals surface area contributed by atoms with Gasteiger partial charge in [-0.05, 0) is 42.3 Å². The van der Waals surface area contributed by atoms with Gasteiger partial charge >= 0.3 is 12.4 Å². The van der Waals surface area contributed by atoms with Gasteiger partial charge in [0.05, 0.1) is 17.7 Å². The zero-order chi connectivity index (χ0) is 29.0. The molecule has 1 atom stereocenters. The molecule has 3 aromatic rings. The summed E-state index contributed by atoms with van der Waals surface area (Å²) in [6, 6.07) is 10.2. The van der Waals surface area contributed by atoms with Crippen LogP contribution in [0.25, 0.3) is 11.1 Å². The van der Waals surface area contributed by atoms with Gasteiger partial charge in [-0.3, -0.25) is 10.5 Å². The van der Waals surface area contributed by atoms with Crippen molar-refractivity contribution < 1.29 is 44.3 Å². The van der Waals surface area contributed by atoms with Crippen molar-refractivity contribution >= 4 is 15.7 Å². The highest BCUT2D eigenvalue weighted by Gasteiger charge is 2.40. The summed E-state index contributed by atoms with van der Waals surface area (Å²) in [4.78, 5) is 18.7. The average Bonchev–Trinajstić information content (AvgIpc) is 2.90. The second-order valence-corrected chi connectivity index (χ2v) is 11.3. The normalized spacial score (nSPS) is 18.4. The Kier molecular flexibility index (Phi) is 6.92. The zero-order valence-electron chi connectivity index (χ0n) is 20.4. The molecule has 1 aliphatic heterocycles. The minimum atomic E-state index is -5.08. The second-order valence-electron chi connectivity index (χ2n) is 9.32. The number of sulfone groups is 1. The van der Waals surface area contributed by atoms with Gasteiger partial charge in [0.1, 0.15) is 5.56 Å². The molecule has 0 radical (unpaired) electrons. The van der Waals surface area contributed by atoms with E-state index >= 15 is 0 Å².